The highest BCUT2D eigenvalue weighted by Crippen LogP contribution is 2.14. The highest BCUT2D eigenvalue weighted by atomic mass is 32.1. The van der Waals surface area contributed by atoms with Crippen molar-refractivity contribution in [3.8, 4) is 0 Å². The van der Waals surface area contributed by atoms with Crippen molar-refractivity contribution in [2.75, 3.05) is 12.3 Å². The van der Waals surface area contributed by atoms with E-state index in [9.17, 15) is 9.59 Å². The summed E-state index contributed by atoms with van der Waals surface area (Å²) in [6.45, 7) is 9.55. The number of nitrogens with one attached hydrogen (secondary N) is 3. The van der Waals surface area contributed by atoms with Crippen LogP contribution in [-0.2, 0) is 16.0 Å². The summed E-state index contributed by atoms with van der Waals surface area (Å²) in [5.74, 6) is -0.131. The Bertz CT molecular complexity index is 834. The van der Waals surface area contributed by atoms with Crippen LogP contribution in [0.25, 0.3) is 0 Å². The lowest BCUT2D eigenvalue weighted by atomic mass is 10.1. The molecule has 8 nitrogen and oxygen atoms in total. The number of hydrogen-bond acceptors (Lipinski definition) is 7. The number of carbonyl (C=O) groups excluding carboxylic acids is 2. The molecular formula is C22H33N5O3S. The summed E-state index contributed by atoms with van der Waals surface area (Å²) < 4.78 is 5.37. The molecule has 9 heteroatoms. The topological polar surface area (TPSA) is 118 Å². The highest BCUT2D eigenvalue weighted by molar-refractivity contribution is 7.07. The standard InChI is InChI=1S/C22H33N5O3S/c1-14(16-6-8-17(23)9-7-16)26-20(28)15(2)24-11-18(10-19-12-31-13-25-19)27-21(29)30-22(3,4)5/h6-9,12-15,18,24H,10-11,23H2,1-5H3,(H,26,28)(H,27,29)/t14-,15+,18+/m1/s1. The van der Waals surface area contributed by atoms with E-state index in [0.29, 0.717) is 18.7 Å². The van der Waals surface area contributed by atoms with E-state index in [1.54, 1.807) is 12.4 Å². The van der Waals surface area contributed by atoms with Crippen molar-refractivity contribution >= 4 is 29.0 Å². The zero-order valence-electron chi connectivity index (χ0n) is 18.8. The van der Waals surface area contributed by atoms with E-state index < -0.39 is 17.7 Å². The Morgan fingerprint density at radius 2 is 1.84 bits per heavy atom. The van der Waals surface area contributed by atoms with Crippen molar-refractivity contribution in [3.05, 3.63) is 46.4 Å². The Balaban J connectivity index is 1.91. The lowest BCUT2D eigenvalue weighted by molar-refractivity contribution is -0.123. The molecule has 3 atom stereocenters. The third kappa shape index (κ3) is 8.94. The van der Waals surface area contributed by atoms with Gasteiger partial charge in [0, 0.05) is 24.0 Å². The summed E-state index contributed by atoms with van der Waals surface area (Å²) in [5.41, 5.74) is 9.42. The smallest absolute Gasteiger partial charge is 0.407 e. The fraction of sp³-hybridized carbons (Fsp3) is 0.500. The maximum atomic E-state index is 12.6. The number of amides is 2. The van der Waals surface area contributed by atoms with Gasteiger partial charge in [-0.15, -0.1) is 11.3 Å². The molecule has 0 unspecified atom stereocenters. The Morgan fingerprint density at radius 1 is 1.16 bits per heavy atom. The van der Waals surface area contributed by atoms with Gasteiger partial charge in [0.25, 0.3) is 0 Å². The average molecular weight is 448 g/mol. The van der Waals surface area contributed by atoms with E-state index in [4.69, 9.17) is 10.5 Å². The van der Waals surface area contributed by atoms with Crippen molar-refractivity contribution < 1.29 is 14.3 Å². The second-order valence-electron chi connectivity index (χ2n) is 8.55. The quantitative estimate of drug-likeness (QED) is 0.439. The van der Waals surface area contributed by atoms with Crippen LogP contribution in [-0.4, -0.2) is 41.2 Å². The zero-order chi connectivity index (χ0) is 23.0. The molecule has 0 spiro atoms. The third-order valence-corrected chi connectivity index (χ3v) is 5.15. The fourth-order valence-electron chi connectivity index (χ4n) is 2.86. The molecule has 5 N–H and O–H groups in total. The summed E-state index contributed by atoms with van der Waals surface area (Å²) in [7, 11) is 0. The number of ether oxygens (including phenoxy) is 1. The lowest BCUT2D eigenvalue weighted by Gasteiger charge is -2.25. The van der Waals surface area contributed by atoms with E-state index in [1.807, 2.05) is 57.3 Å². The minimum atomic E-state index is -0.589. The molecule has 31 heavy (non-hydrogen) atoms. The van der Waals surface area contributed by atoms with Gasteiger partial charge in [-0.25, -0.2) is 9.78 Å². The van der Waals surface area contributed by atoms with Gasteiger partial charge in [-0.1, -0.05) is 12.1 Å². The number of benzene rings is 1. The highest BCUT2D eigenvalue weighted by Gasteiger charge is 2.22. The molecule has 0 bridgehead atoms. The van der Waals surface area contributed by atoms with Crippen LogP contribution in [0, 0.1) is 0 Å². The lowest BCUT2D eigenvalue weighted by Crippen LogP contribution is -2.50. The van der Waals surface area contributed by atoms with Gasteiger partial charge >= 0.3 is 6.09 Å². The number of thiazole rings is 1. The molecule has 2 aromatic rings. The Morgan fingerprint density at radius 3 is 2.42 bits per heavy atom. The van der Waals surface area contributed by atoms with Crippen molar-refractivity contribution in [1.82, 2.24) is 20.9 Å². The van der Waals surface area contributed by atoms with E-state index >= 15 is 0 Å². The second kappa shape index (κ2) is 11.1. The van der Waals surface area contributed by atoms with Gasteiger partial charge in [0.05, 0.1) is 29.3 Å². The molecule has 0 fully saturated rings. The maximum Gasteiger partial charge on any atom is 0.407 e. The van der Waals surface area contributed by atoms with Crippen molar-refractivity contribution in [2.24, 2.45) is 0 Å². The number of alkyl carbamates (subject to hydrolysis) is 1. The first kappa shape index (κ1) is 24.6. The number of nitrogens with zero attached hydrogens (tertiary/aromatic N) is 1. The Kier molecular flexibility index (Phi) is 8.82. The molecule has 170 valence electrons. The minimum Gasteiger partial charge on any atom is -0.444 e. The van der Waals surface area contributed by atoms with Crippen LogP contribution in [0.3, 0.4) is 0 Å². The molecule has 1 aromatic heterocycles. The molecule has 2 amide bonds. The predicted molar refractivity (Wildman–Crippen MR) is 124 cm³/mol. The molecule has 0 saturated carbocycles. The average Bonchev–Trinajstić information content (AvgIpc) is 3.17. The van der Waals surface area contributed by atoms with Crippen molar-refractivity contribution in [1.29, 1.82) is 0 Å². The van der Waals surface area contributed by atoms with Gasteiger partial charge in [0.1, 0.15) is 5.60 Å². The number of hydrogen-bond donors (Lipinski definition) is 4. The fourth-order valence-corrected chi connectivity index (χ4v) is 3.43. The number of nitrogens with two attached hydrogens (primary N) is 1. The van der Waals surface area contributed by atoms with E-state index in [0.717, 1.165) is 11.3 Å². The summed E-state index contributed by atoms with van der Waals surface area (Å²) in [5, 5.41) is 11.0. The van der Waals surface area contributed by atoms with Crippen LogP contribution in [0.4, 0.5) is 10.5 Å². The maximum absolute atomic E-state index is 12.6. The molecule has 0 aliphatic heterocycles. The molecule has 1 heterocycles. The molecular weight excluding hydrogens is 414 g/mol. The van der Waals surface area contributed by atoms with Gasteiger partial charge in [-0.05, 0) is 52.3 Å². The van der Waals surface area contributed by atoms with E-state index in [1.165, 1.54) is 11.3 Å². The van der Waals surface area contributed by atoms with Gasteiger partial charge in [-0.3, -0.25) is 4.79 Å². The number of anilines is 1. The van der Waals surface area contributed by atoms with E-state index in [2.05, 4.69) is 20.9 Å². The third-order valence-electron chi connectivity index (χ3n) is 4.52. The number of carbonyl (C=O) groups is 2. The van der Waals surface area contributed by atoms with E-state index in [-0.39, 0.29) is 18.0 Å². The number of aromatic nitrogens is 1. The molecule has 0 saturated heterocycles. The minimum absolute atomic E-state index is 0.131. The first-order chi connectivity index (χ1) is 14.5. The van der Waals surface area contributed by atoms with Gasteiger partial charge in [0.15, 0.2) is 0 Å². The summed E-state index contributed by atoms with van der Waals surface area (Å²) in [6, 6.07) is 6.54. The van der Waals surface area contributed by atoms with Crippen LogP contribution in [0.1, 0.15) is 51.9 Å². The van der Waals surface area contributed by atoms with Crippen molar-refractivity contribution in [2.45, 2.75) is 64.8 Å². The van der Waals surface area contributed by atoms with Crippen LogP contribution < -0.4 is 21.7 Å². The molecule has 0 aliphatic rings. The molecule has 1 aromatic carbocycles. The van der Waals surface area contributed by atoms with Gasteiger partial charge < -0.3 is 26.4 Å². The van der Waals surface area contributed by atoms with Crippen LogP contribution >= 0.6 is 11.3 Å². The van der Waals surface area contributed by atoms with Crippen molar-refractivity contribution in [3.63, 3.8) is 0 Å². The van der Waals surface area contributed by atoms with Crippen LogP contribution in [0.15, 0.2) is 35.2 Å². The molecule has 0 radical (unpaired) electrons. The predicted octanol–water partition coefficient (Wildman–Crippen LogP) is 3.02. The number of nitrogen functional groups attached to an aromatic ring is 1. The first-order valence-corrected chi connectivity index (χ1v) is 11.2. The largest absolute Gasteiger partial charge is 0.444 e. The van der Waals surface area contributed by atoms with Crippen LogP contribution in [0.2, 0.25) is 0 Å². The van der Waals surface area contributed by atoms with Crippen LogP contribution in [0.5, 0.6) is 0 Å². The van der Waals surface area contributed by atoms with Gasteiger partial charge in [-0.2, -0.15) is 0 Å². The zero-order valence-corrected chi connectivity index (χ0v) is 19.6. The Hall–Kier alpha value is -2.65. The second-order valence-corrected chi connectivity index (χ2v) is 9.27. The molecule has 0 aliphatic carbocycles. The summed E-state index contributed by atoms with van der Waals surface area (Å²) in [4.78, 5) is 29.1. The van der Waals surface area contributed by atoms with Gasteiger partial charge in [0.2, 0.25) is 5.91 Å². The monoisotopic (exact) mass is 447 g/mol. The number of rotatable bonds is 9. The molecule has 2 rings (SSSR count). The summed E-state index contributed by atoms with van der Waals surface area (Å²) >= 11 is 1.50. The Labute approximate surface area is 188 Å². The normalized spacial score (nSPS) is 14.4. The first-order valence-electron chi connectivity index (χ1n) is 10.3. The summed E-state index contributed by atoms with van der Waals surface area (Å²) in [6.07, 6.45) is 0.0370. The SMILES string of the molecule is C[C@H](NC[C@H](Cc1cscn1)NC(=O)OC(C)(C)C)C(=O)N[C@H](C)c1ccc(N)cc1.